The number of aromatic hydroxyl groups is 1. The highest BCUT2D eigenvalue weighted by Gasteiger charge is 2.13. The monoisotopic (exact) mass is 257 g/mol. The van der Waals surface area contributed by atoms with Gasteiger partial charge in [-0.2, -0.15) is 10.1 Å². The number of hydrogen-bond donors (Lipinski definition) is 2. The highest BCUT2D eigenvalue weighted by Crippen LogP contribution is 2.31. The maximum atomic E-state index is 11.7. The summed E-state index contributed by atoms with van der Waals surface area (Å²) >= 11 is 0. The zero-order chi connectivity index (χ0) is 13.2. The lowest BCUT2D eigenvalue weighted by Crippen LogP contribution is -1.98. The molecule has 8 nitrogen and oxygen atoms in total. The number of azo groups is 1. The normalized spacial score (nSPS) is 11.4. The van der Waals surface area contributed by atoms with Gasteiger partial charge in [-0.25, -0.2) is 9.89 Å². The highest BCUT2D eigenvalue weighted by molar-refractivity contribution is 5.87. The molecule has 0 aliphatic carbocycles. The van der Waals surface area contributed by atoms with Gasteiger partial charge in [0.2, 0.25) is 5.69 Å². The van der Waals surface area contributed by atoms with Crippen LogP contribution in [0.4, 0.5) is 11.6 Å². The molecule has 3 rings (SSSR count). The Morgan fingerprint density at radius 2 is 2.11 bits per heavy atom. The van der Waals surface area contributed by atoms with Crippen molar-refractivity contribution >= 4 is 22.6 Å². The molecule has 0 aliphatic heterocycles. The number of nitrogens with zero attached hydrogens (tertiary/aromatic N) is 4. The van der Waals surface area contributed by atoms with Crippen LogP contribution in [0.5, 0.6) is 5.75 Å². The van der Waals surface area contributed by atoms with Gasteiger partial charge in [0.25, 0.3) is 5.95 Å². The van der Waals surface area contributed by atoms with Gasteiger partial charge in [0.15, 0.2) is 5.75 Å². The number of benzene rings is 1. The van der Waals surface area contributed by atoms with Crippen molar-refractivity contribution < 1.29 is 9.52 Å². The first-order chi connectivity index (χ1) is 9.25. The average Bonchev–Trinajstić information content (AvgIpc) is 2.92. The first-order valence-corrected chi connectivity index (χ1v) is 5.27. The molecule has 0 spiro atoms. The summed E-state index contributed by atoms with van der Waals surface area (Å²) in [6.07, 6.45) is 1.25. The van der Waals surface area contributed by atoms with Crippen LogP contribution < -0.4 is 5.63 Å². The van der Waals surface area contributed by atoms with Crippen molar-refractivity contribution in [2.24, 2.45) is 10.2 Å². The number of nitrogens with one attached hydrogen (secondary N) is 1. The van der Waals surface area contributed by atoms with E-state index in [1.807, 2.05) is 0 Å². The van der Waals surface area contributed by atoms with Gasteiger partial charge in [-0.15, -0.1) is 10.2 Å². The Labute approximate surface area is 105 Å². The zero-order valence-electron chi connectivity index (χ0n) is 9.44. The minimum atomic E-state index is -0.778. The number of H-pyrrole nitrogens is 1. The Hall–Kier alpha value is -3.03. The van der Waals surface area contributed by atoms with Crippen molar-refractivity contribution in [2.45, 2.75) is 0 Å². The Bertz CT molecular complexity index is 807. The second-order valence-electron chi connectivity index (χ2n) is 3.59. The third-order valence-corrected chi connectivity index (χ3v) is 2.41. The average molecular weight is 257 g/mol. The third kappa shape index (κ3) is 1.95. The Balaban J connectivity index is 2.16. The summed E-state index contributed by atoms with van der Waals surface area (Å²) in [7, 11) is 0. The molecule has 94 valence electrons. The van der Waals surface area contributed by atoms with E-state index < -0.39 is 5.63 Å². The van der Waals surface area contributed by atoms with E-state index >= 15 is 0 Å². The largest absolute Gasteiger partial charge is 0.505 e. The fraction of sp³-hybridized carbons (Fsp3) is 0. The summed E-state index contributed by atoms with van der Waals surface area (Å²) in [4.78, 5) is 15.4. The van der Waals surface area contributed by atoms with Crippen LogP contribution >= 0.6 is 0 Å². The lowest BCUT2D eigenvalue weighted by Gasteiger charge is -2.00. The Morgan fingerprint density at radius 1 is 1.26 bits per heavy atom. The van der Waals surface area contributed by atoms with Crippen molar-refractivity contribution in [1.29, 1.82) is 0 Å². The maximum Gasteiger partial charge on any atom is 0.368 e. The van der Waals surface area contributed by atoms with E-state index in [0.29, 0.717) is 5.39 Å². The summed E-state index contributed by atoms with van der Waals surface area (Å²) in [5.74, 6) is -0.165. The van der Waals surface area contributed by atoms with Crippen LogP contribution in [0.25, 0.3) is 11.0 Å². The van der Waals surface area contributed by atoms with Gasteiger partial charge in [-0.05, 0) is 12.1 Å². The minimum Gasteiger partial charge on any atom is -0.505 e. The van der Waals surface area contributed by atoms with Gasteiger partial charge in [-0.3, -0.25) is 0 Å². The molecule has 0 saturated carbocycles. The van der Waals surface area contributed by atoms with Gasteiger partial charge >= 0.3 is 5.63 Å². The molecular weight excluding hydrogens is 250 g/mol. The molecule has 0 saturated heterocycles. The number of fused-ring (bicyclic) bond motifs is 1. The van der Waals surface area contributed by atoms with Crippen molar-refractivity contribution in [2.75, 3.05) is 0 Å². The van der Waals surface area contributed by atoms with E-state index in [0.717, 1.165) is 0 Å². The number of rotatable bonds is 2. The quantitative estimate of drug-likeness (QED) is 0.538. The number of hydrogen-bond acceptors (Lipinski definition) is 7. The fourth-order valence-electron chi connectivity index (χ4n) is 1.56. The van der Waals surface area contributed by atoms with Crippen LogP contribution in [0.3, 0.4) is 0 Å². The van der Waals surface area contributed by atoms with E-state index in [2.05, 4.69) is 25.4 Å². The molecule has 0 unspecified atom stereocenters. The predicted octanol–water partition coefficient (Wildman–Crippen LogP) is 2.03. The summed E-state index contributed by atoms with van der Waals surface area (Å²) in [5, 5.41) is 23.7. The molecular formula is C11H7N5O3. The van der Waals surface area contributed by atoms with Gasteiger partial charge < -0.3 is 9.52 Å². The van der Waals surface area contributed by atoms with Gasteiger partial charge in [-0.1, -0.05) is 12.1 Å². The molecule has 2 N–H and O–H groups in total. The first-order valence-electron chi connectivity index (χ1n) is 5.27. The number of aromatic nitrogens is 3. The van der Waals surface area contributed by atoms with Crippen molar-refractivity contribution in [1.82, 2.24) is 15.2 Å². The van der Waals surface area contributed by atoms with Crippen LogP contribution in [0, 0.1) is 0 Å². The predicted molar refractivity (Wildman–Crippen MR) is 64.7 cm³/mol. The molecule has 0 fully saturated rings. The Kier molecular flexibility index (Phi) is 2.53. The molecule has 2 heterocycles. The summed E-state index contributed by atoms with van der Waals surface area (Å²) in [5.41, 5.74) is -0.779. The van der Waals surface area contributed by atoms with E-state index in [4.69, 9.17) is 4.42 Å². The standard InChI is InChI=1S/C11H7N5O3/c17-9-6-3-1-2-4-7(6)19-10(18)8(9)14-16-11-12-5-13-15-11/h1-5,17H,(H,12,13,15). The maximum absolute atomic E-state index is 11.7. The summed E-state index contributed by atoms with van der Waals surface area (Å²) in [6, 6.07) is 6.59. The number of para-hydroxylation sites is 1. The van der Waals surface area contributed by atoms with Crippen LogP contribution in [-0.4, -0.2) is 20.3 Å². The van der Waals surface area contributed by atoms with E-state index in [9.17, 15) is 9.90 Å². The molecule has 0 radical (unpaired) electrons. The molecule has 0 aliphatic rings. The van der Waals surface area contributed by atoms with Gasteiger partial charge in [0, 0.05) is 0 Å². The molecule has 19 heavy (non-hydrogen) atoms. The fourth-order valence-corrected chi connectivity index (χ4v) is 1.56. The van der Waals surface area contributed by atoms with E-state index in [-0.39, 0.29) is 23.0 Å². The molecule has 0 atom stereocenters. The SMILES string of the molecule is O=c1oc2ccccc2c(O)c1N=Nc1ncn[nH]1. The van der Waals surface area contributed by atoms with Gasteiger partial charge in [0.05, 0.1) is 5.39 Å². The summed E-state index contributed by atoms with van der Waals surface area (Å²) in [6.45, 7) is 0. The molecule has 2 aromatic heterocycles. The van der Waals surface area contributed by atoms with Crippen molar-refractivity contribution in [3.8, 4) is 5.75 Å². The first kappa shape index (κ1) is 11.1. The molecule has 0 amide bonds. The molecule has 0 bridgehead atoms. The molecule has 1 aromatic carbocycles. The topological polar surface area (TPSA) is 117 Å². The van der Waals surface area contributed by atoms with Crippen molar-refractivity contribution in [3.63, 3.8) is 0 Å². The Morgan fingerprint density at radius 3 is 2.89 bits per heavy atom. The second kappa shape index (κ2) is 4.33. The minimum absolute atomic E-state index is 0.118. The van der Waals surface area contributed by atoms with Gasteiger partial charge in [0.1, 0.15) is 11.9 Å². The van der Waals surface area contributed by atoms with Crippen LogP contribution in [-0.2, 0) is 0 Å². The highest BCUT2D eigenvalue weighted by atomic mass is 16.4. The van der Waals surface area contributed by atoms with Crippen molar-refractivity contribution in [3.05, 3.63) is 41.0 Å². The van der Waals surface area contributed by atoms with E-state index in [1.54, 1.807) is 24.3 Å². The van der Waals surface area contributed by atoms with Crippen LogP contribution in [0.2, 0.25) is 0 Å². The van der Waals surface area contributed by atoms with Crippen LogP contribution in [0.1, 0.15) is 0 Å². The van der Waals surface area contributed by atoms with E-state index in [1.165, 1.54) is 6.33 Å². The lowest BCUT2D eigenvalue weighted by atomic mass is 10.2. The third-order valence-electron chi connectivity index (χ3n) is 2.41. The lowest BCUT2D eigenvalue weighted by molar-refractivity contribution is 0.469. The zero-order valence-corrected chi connectivity index (χ0v) is 9.44. The molecule has 3 aromatic rings. The summed E-state index contributed by atoms with van der Waals surface area (Å²) < 4.78 is 5.03. The smallest absolute Gasteiger partial charge is 0.368 e. The molecule has 8 heteroatoms. The van der Waals surface area contributed by atoms with Crippen LogP contribution in [0.15, 0.2) is 50.0 Å². The number of aromatic amines is 1. The second-order valence-corrected chi connectivity index (χ2v) is 3.59.